The first kappa shape index (κ1) is 28.9. The molecule has 14 heteroatoms. The second-order valence-corrected chi connectivity index (χ2v) is 12.6. The van der Waals surface area contributed by atoms with Gasteiger partial charge in [-0.3, -0.25) is 29.3 Å². The smallest absolute Gasteiger partial charge is 0.379 e. The lowest BCUT2D eigenvalue weighted by atomic mass is 9.81. The van der Waals surface area contributed by atoms with Gasteiger partial charge >= 0.3 is 5.97 Å². The van der Waals surface area contributed by atoms with Gasteiger partial charge in [0, 0.05) is 32.9 Å². The fraction of sp³-hybridized carbons (Fsp3) is 0.276. The summed E-state index contributed by atoms with van der Waals surface area (Å²) >= 11 is 7.27. The summed E-state index contributed by atoms with van der Waals surface area (Å²) in [6.45, 7) is -0.664. The number of rotatable bonds is 8. The molecule has 1 saturated heterocycles. The number of hydrazine groups is 1. The van der Waals surface area contributed by atoms with Gasteiger partial charge in [0.15, 0.2) is 5.78 Å². The highest BCUT2D eigenvalue weighted by molar-refractivity contribution is 9.12. The summed E-state index contributed by atoms with van der Waals surface area (Å²) in [5.41, 5.74) is -0.172. The normalized spacial score (nSPS) is 25.5. The number of carbonyl (C=O) groups is 5. The van der Waals surface area contributed by atoms with E-state index in [2.05, 4.69) is 31.9 Å². The Kier molecular flexibility index (Phi) is 7.50. The summed E-state index contributed by atoms with van der Waals surface area (Å²) in [5.74, 6) is -4.68. The van der Waals surface area contributed by atoms with Crippen LogP contribution in [0.2, 0.25) is 0 Å². The number of nitrogens with zero attached hydrogens (tertiary/aromatic N) is 3. The van der Waals surface area contributed by atoms with Gasteiger partial charge in [-0.15, -0.1) is 0 Å². The number of nitro benzene ring substituents is 1. The summed E-state index contributed by atoms with van der Waals surface area (Å²) in [6, 6.07) is 13.2. The SMILES string of the molecule is O=C(CN(C(=O)c1ccc([N+](=O)[O-])cc1)N1C(=O)[C@@H]2[C@H]3C[C@@H]([C@H](Br)[C@H]3Br)[C@@H]2C1=O)c1ccc(OC(=O)c2ccco2)cc1. The van der Waals surface area contributed by atoms with E-state index in [1.807, 2.05) is 0 Å². The number of benzene rings is 2. The summed E-state index contributed by atoms with van der Waals surface area (Å²) in [7, 11) is 0. The van der Waals surface area contributed by atoms with Gasteiger partial charge in [-0.2, -0.15) is 5.01 Å². The van der Waals surface area contributed by atoms with Crippen molar-refractivity contribution in [3.8, 4) is 5.75 Å². The van der Waals surface area contributed by atoms with Crippen LogP contribution in [0.5, 0.6) is 5.75 Å². The molecule has 220 valence electrons. The molecule has 2 heterocycles. The maximum Gasteiger partial charge on any atom is 0.379 e. The highest BCUT2D eigenvalue weighted by Gasteiger charge is 2.67. The van der Waals surface area contributed by atoms with Crippen molar-refractivity contribution < 1.29 is 38.1 Å². The quantitative estimate of drug-likeness (QED) is 0.0627. The van der Waals surface area contributed by atoms with Gasteiger partial charge in [-0.1, -0.05) is 31.9 Å². The number of furan rings is 1. The highest BCUT2D eigenvalue weighted by atomic mass is 79.9. The topological polar surface area (TPSA) is 157 Å². The maximum absolute atomic E-state index is 13.8. The van der Waals surface area contributed by atoms with Gasteiger partial charge < -0.3 is 9.15 Å². The molecule has 2 aromatic carbocycles. The summed E-state index contributed by atoms with van der Waals surface area (Å²) in [4.78, 5) is 77.3. The Morgan fingerprint density at radius 1 is 0.930 bits per heavy atom. The number of carbonyl (C=O) groups excluding carboxylic acids is 5. The summed E-state index contributed by atoms with van der Waals surface area (Å²) in [6.07, 6.45) is 2.00. The lowest BCUT2D eigenvalue weighted by Crippen LogP contribution is -2.52. The number of hydrogen-bond acceptors (Lipinski definition) is 9. The molecule has 6 atom stereocenters. The molecule has 12 nitrogen and oxygen atoms in total. The summed E-state index contributed by atoms with van der Waals surface area (Å²) in [5, 5.41) is 12.7. The van der Waals surface area contributed by atoms with E-state index in [1.54, 1.807) is 0 Å². The van der Waals surface area contributed by atoms with E-state index in [1.165, 1.54) is 54.8 Å². The van der Waals surface area contributed by atoms with Crippen molar-refractivity contribution in [1.29, 1.82) is 0 Å². The van der Waals surface area contributed by atoms with Gasteiger partial charge in [-0.05, 0) is 66.8 Å². The van der Waals surface area contributed by atoms with Crippen molar-refractivity contribution >= 4 is 67.0 Å². The molecule has 2 aliphatic carbocycles. The molecule has 43 heavy (non-hydrogen) atoms. The number of hydrogen-bond donors (Lipinski definition) is 0. The molecule has 6 rings (SSSR count). The predicted octanol–water partition coefficient (Wildman–Crippen LogP) is 4.43. The van der Waals surface area contributed by atoms with Gasteiger partial charge in [-0.25, -0.2) is 9.80 Å². The highest BCUT2D eigenvalue weighted by Crippen LogP contribution is 2.60. The van der Waals surface area contributed by atoms with Crippen LogP contribution in [0.15, 0.2) is 71.3 Å². The first-order valence-corrected chi connectivity index (χ1v) is 15.0. The minimum atomic E-state index is -0.841. The Labute approximate surface area is 260 Å². The van der Waals surface area contributed by atoms with E-state index in [0.717, 1.165) is 22.2 Å². The zero-order valence-electron chi connectivity index (χ0n) is 22.0. The van der Waals surface area contributed by atoms with Crippen molar-refractivity contribution in [1.82, 2.24) is 10.0 Å². The molecule has 0 unspecified atom stereocenters. The minimum absolute atomic E-state index is 0.00355. The number of amides is 3. The standard InChI is InChI=1S/C29H21Br2N3O9/c30-24-18-12-19(25(24)31)23-22(18)27(37)33(28(23)38)32(26(36)15-3-7-16(8-4-15)34(40)41)13-20(35)14-5-9-17(10-6-14)43-29(39)21-2-1-11-42-21/h1-11,18-19,22-25H,12-13H2/t18-,19-,22-,23+,24+,25+/m1/s1. The number of imide groups is 1. The maximum atomic E-state index is 13.8. The monoisotopic (exact) mass is 713 g/mol. The number of alkyl halides is 2. The molecular formula is C29H21Br2N3O9. The number of esters is 1. The average Bonchev–Trinajstić information content (AvgIpc) is 3.78. The van der Waals surface area contributed by atoms with Crippen molar-refractivity contribution in [2.45, 2.75) is 16.1 Å². The number of nitro groups is 1. The Bertz CT molecular complexity index is 1610. The molecule has 3 amide bonds. The molecule has 3 fully saturated rings. The third-order valence-corrected chi connectivity index (χ3v) is 11.4. The number of ketones is 1. The van der Waals surface area contributed by atoms with Crippen molar-refractivity contribution in [2.24, 2.45) is 23.7 Å². The number of non-ortho nitro benzene ring substituents is 1. The molecule has 0 N–H and O–H groups in total. The Hall–Kier alpha value is -4.17. The van der Waals surface area contributed by atoms with Gasteiger partial charge in [0.25, 0.3) is 23.4 Å². The molecule has 1 aromatic heterocycles. The zero-order chi connectivity index (χ0) is 30.6. The number of halogens is 2. The average molecular weight is 715 g/mol. The van der Waals surface area contributed by atoms with Crippen LogP contribution in [0, 0.1) is 33.8 Å². The second kappa shape index (κ2) is 11.2. The zero-order valence-corrected chi connectivity index (χ0v) is 25.2. The van der Waals surface area contributed by atoms with Crippen LogP contribution in [-0.4, -0.2) is 60.6 Å². The third-order valence-electron chi connectivity index (χ3n) is 8.17. The van der Waals surface area contributed by atoms with Crippen LogP contribution in [-0.2, 0) is 9.59 Å². The number of fused-ring (bicyclic) bond motifs is 5. The lowest BCUT2D eigenvalue weighted by molar-refractivity contribution is -0.384. The fourth-order valence-electron chi connectivity index (χ4n) is 6.17. The molecular weight excluding hydrogens is 694 g/mol. The lowest BCUT2D eigenvalue weighted by Gasteiger charge is -2.30. The van der Waals surface area contributed by atoms with Crippen LogP contribution in [0.25, 0.3) is 0 Å². The first-order chi connectivity index (χ1) is 20.6. The molecule has 0 spiro atoms. The molecule has 2 bridgehead atoms. The van der Waals surface area contributed by atoms with Crippen molar-refractivity contribution in [3.63, 3.8) is 0 Å². The molecule has 1 aliphatic heterocycles. The van der Waals surface area contributed by atoms with Gasteiger partial charge in [0.1, 0.15) is 12.3 Å². The van der Waals surface area contributed by atoms with E-state index in [-0.39, 0.29) is 49.8 Å². The van der Waals surface area contributed by atoms with Crippen LogP contribution in [0.1, 0.15) is 37.7 Å². The molecule has 3 aromatic rings. The Morgan fingerprint density at radius 3 is 2.05 bits per heavy atom. The van der Waals surface area contributed by atoms with Crippen molar-refractivity contribution in [2.75, 3.05) is 6.54 Å². The minimum Gasteiger partial charge on any atom is -0.457 e. The molecule has 2 saturated carbocycles. The molecule has 0 radical (unpaired) electrons. The summed E-state index contributed by atoms with van der Waals surface area (Å²) < 4.78 is 10.2. The Balaban J connectivity index is 1.27. The number of Topliss-reactive ketones (excluding diaryl/α,β-unsaturated/α-hetero) is 1. The van der Waals surface area contributed by atoms with E-state index in [4.69, 9.17) is 9.15 Å². The van der Waals surface area contributed by atoms with E-state index in [9.17, 15) is 34.1 Å². The predicted molar refractivity (Wildman–Crippen MR) is 154 cm³/mol. The first-order valence-electron chi connectivity index (χ1n) is 13.2. The third kappa shape index (κ3) is 4.97. The molecule has 3 aliphatic rings. The number of ether oxygens (including phenoxy) is 1. The van der Waals surface area contributed by atoms with Gasteiger partial charge in [0.2, 0.25) is 5.76 Å². The second-order valence-electron chi connectivity index (χ2n) is 10.5. The Morgan fingerprint density at radius 2 is 1.51 bits per heavy atom. The fourth-order valence-corrected chi connectivity index (χ4v) is 8.04. The van der Waals surface area contributed by atoms with Crippen molar-refractivity contribution in [3.05, 3.63) is 93.9 Å². The van der Waals surface area contributed by atoms with Gasteiger partial charge in [0.05, 0.1) is 23.0 Å². The van der Waals surface area contributed by atoms with Crippen LogP contribution >= 0.6 is 31.9 Å². The van der Waals surface area contributed by atoms with Crippen LogP contribution in [0.4, 0.5) is 5.69 Å². The van der Waals surface area contributed by atoms with E-state index in [0.29, 0.717) is 6.42 Å². The van der Waals surface area contributed by atoms with Crippen LogP contribution in [0.3, 0.4) is 0 Å². The van der Waals surface area contributed by atoms with Crippen LogP contribution < -0.4 is 4.74 Å². The largest absolute Gasteiger partial charge is 0.457 e. The van der Waals surface area contributed by atoms with E-state index < -0.39 is 52.8 Å². The van der Waals surface area contributed by atoms with E-state index >= 15 is 0 Å².